The van der Waals surface area contributed by atoms with Crippen LogP contribution in [0.3, 0.4) is 0 Å². The summed E-state index contributed by atoms with van der Waals surface area (Å²) in [7, 11) is 0. The Hall–Kier alpha value is 0. The maximum absolute atomic E-state index is 2.51. The van der Waals surface area contributed by atoms with Gasteiger partial charge in [0.2, 0.25) is 0 Å². The highest BCUT2D eigenvalue weighted by Crippen LogP contribution is 2.56. The van der Waals surface area contributed by atoms with E-state index in [1.165, 1.54) is 25.7 Å². The highest BCUT2D eigenvalue weighted by molar-refractivity contribution is 4.97. The summed E-state index contributed by atoms with van der Waals surface area (Å²) >= 11 is 0. The highest BCUT2D eigenvalue weighted by atomic mass is 14.5. The monoisotopic (exact) mass is 310 g/mol. The summed E-state index contributed by atoms with van der Waals surface area (Å²) in [5.74, 6) is 1.53. The van der Waals surface area contributed by atoms with Crippen LogP contribution >= 0.6 is 0 Å². The predicted molar refractivity (Wildman–Crippen MR) is 103 cm³/mol. The molecule has 22 heavy (non-hydrogen) atoms. The Morgan fingerprint density at radius 2 is 1.14 bits per heavy atom. The molecule has 0 saturated carbocycles. The third kappa shape index (κ3) is 4.75. The van der Waals surface area contributed by atoms with Crippen molar-refractivity contribution in [1.82, 2.24) is 0 Å². The zero-order chi connectivity index (χ0) is 18.0. The summed E-state index contributed by atoms with van der Waals surface area (Å²) < 4.78 is 0. The van der Waals surface area contributed by atoms with Crippen LogP contribution < -0.4 is 0 Å². The number of rotatable bonds is 9. The SMILES string of the molecule is CCC(C)(CCC(C)(C)C(C)(C)C(C)(C)CC(C)C)C(C)C. The Bertz CT molecular complexity index is 330. The van der Waals surface area contributed by atoms with Gasteiger partial charge in [0.05, 0.1) is 0 Å². The van der Waals surface area contributed by atoms with E-state index in [1.54, 1.807) is 0 Å². The second-order valence-corrected chi connectivity index (χ2v) is 10.7. The van der Waals surface area contributed by atoms with E-state index in [2.05, 4.69) is 83.1 Å². The Labute approximate surface area is 142 Å². The van der Waals surface area contributed by atoms with Crippen molar-refractivity contribution in [1.29, 1.82) is 0 Å². The van der Waals surface area contributed by atoms with Crippen LogP contribution in [0.15, 0.2) is 0 Å². The summed E-state index contributed by atoms with van der Waals surface area (Å²) in [4.78, 5) is 0. The van der Waals surface area contributed by atoms with Crippen LogP contribution in [0.4, 0.5) is 0 Å². The molecule has 0 saturated heterocycles. The molecule has 0 nitrogen and oxygen atoms in total. The Morgan fingerprint density at radius 3 is 1.45 bits per heavy atom. The maximum atomic E-state index is 2.51. The van der Waals surface area contributed by atoms with Gasteiger partial charge in [-0.05, 0) is 52.8 Å². The van der Waals surface area contributed by atoms with Crippen LogP contribution in [-0.2, 0) is 0 Å². The van der Waals surface area contributed by atoms with Crippen LogP contribution in [-0.4, -0.2) is 0 Å². The second kappa shape index (κ2) is 7.27. The fourth-order valence-corrected chi connectivity index (χ4v) is 3.98. The standard InChI is InChI=1S/C22H46/c1-13-22(12,18(4)5)15-14-19(6,7)21(10,11)20(8,9)16-17(2)3/h17-18H,13-16H2,1-12H3. The Morgan fingerprint density at radius 1 is 0.682 bits per heavy atom. The van der Waals surface area contributed by atoms with Gasteiger partial charge in [0.25, 0.3) is 0 Å². The quantitative estimate of drug-likeness (QED) is 0.405. The summed E-state index contributed by atoms with van der Waals surface area (Å²) in [6, 6.07) is 0. The molecule has 0 fully saturated rings. The van der Waals surface area contributed by atoms with Gasteiger partial charge in [-0.25, -0.2) is 0 Å². The van der Waals surface area contributed by atoms with Crippen molar-refractivity contribution in [3.05, 3.63) is 0 Å². The first-order valence-corrected chi connectivity index (χ1v) is 9.63. The molecule has 0 spiro atoms. The number of hydrogen-bond donors (Lipinski definition) is 0. The van der Waals surface area contributed by atoms with Crippen LogP contribution in [0.2, 0.25) is 0 Å². The lowest BCUT2D eigenvalue weighted by Gasteiger charge is -2.54. The zero-order valence-electron chi connectivity index (χ0n) is 18.0. The van der Waals surface area contributed by atoms with Crippen molar-refractivity contribution in [2.45, 2.75) is 109 Å². The average Bonchev–Trinajstić information content (AvgIpc) is 2.33. The van der Waals surface area contributed by atoms with Crippen molar-refractivity contribution in [2.75, 3.05) is 0 Å². The third-order valence-electron chi connectivity index (χ3n) is 7.83. The molecule has 0 aliphatic rings. The van der Waals surface area contributed by atoms with E-state index in [-0.39, 0.29) is 0 Å². The zero-order valence-corrected chi connectivity index (χ0v) is 18.0. The van der Waals surface area contributed by atoms with E-state index in [9.17, 15) is 0 Å². The molecule has 134 valence electrons. The van der Waals surface area contributed by atoms with Crippen molar-refractivity contribution in [2.24, 2.45) is 33.5 Å². The van der Waals surface area contributed by atoms with Crippen LogP contribution in [0, 0.1) is 33.5 Å². The van der Waals surface area contributed by atoms with Crippen molar-refractivity contribution in [3.63, 3.8) is 0 Å². The fraction of sp³-hybridized carbons (Fsp3) is 1.00. The van der Waals surface area contributed by atoms with E-state index in [4.69, 9.17) is 0 Å². The molecule has 0 heterocycles. The molecule has 0 rings (SSSR count). The largest absolute Gasteiger partial charge is 0.0649 e. The fourth-order valence-electron chi connectivity index (χ4n) is 3.98. The Kier molecular flexibility index (Phi) is 7.27. The molecule has 0 aromatic carbocycles. The predicted octanol–water partition coefficient (Wildman–Crippen LogP) is 7.96. The first-order chi connectivity index (χ1) is 9.63. The normalized spacial score (nSPS) is 17.2. The smallest absolute Gasteiger partial charge is 0.0252 e. The minimum atomic E-state index is 0.329. The first-order valence-electron chi connectivity index (χ1n) is 9.63. The van der Waals surface area contributed by atoms with Gasteiger partial charge in [0.15, 0.2) is 0 Å². The average molecular weight is 311 g/mol. The molecule has 1 atom stereocenters. The van der Waals surface area contributed by atoms with E-state index >= 15 is 0 Å². The van der Waals surface area contributed by atoms with Crippen molar-refractivity contribution in [3.8, 4) is 0 Å². The lowest BCUT2D eigenvalue weighted by Crippen LogP contribution is -2.45. The van der Waals surface area contributed by atoms with Crippen LogP contribution in [0.1, 0.15) is 109 Å². The molecule has 0 amide bonds. The molecule has 0 aliphatic heterocycles. The van der Waals surface area contributed by atoms with Gasteiger partial charge >= 0.3 is 0 Å². The molecule has 0 aromatic rings. The molecular formula is C22H46. The third-order valence-corrected chi connectivity index (χ3v) is 7.83. The van der Waals surface area contributed by atoms with Gasteiger partial charge in [-0.3, -0.25) is 0 Å². The summed E-state index contributed by atoms with van der Waals surface area (Å²) in [6.45, 7) is 29.3. The number of hydrogen-bond acceptors (Lipinski definition) is 0. The van der Waals surface area contributed by atoms with Crippen LogP contribution in [0.5, 0.6) is 0 Å². The van der Waals surface area contributed by atoms with Gasteiger partial charge < -0.3 is 0 Å². The molecular weight excluding hydrogens is 264 g/mol. The summed E-state index contributed by atoms with van der Waals surface area (Å²) in [5, 5.41) is 0. The van der Waals surface area contributed by atoms with Gasteiger partial charge in [-0.1, -0.05) is 89.5 Å². The van der Waals surface area contributed by atoms with Gasteiger partial charge in [0.1, 0.15) is 0 Å². The topological polar surface area (TPSA) is 0 Å². The minimum Gasteiger partial charge on any atom is -0.0649 e. The summed E-state index contributed by atoms with van der Waals surface area (Å²) in [5.41, 5.74) is 1.53. The van der Waals surface area contributed by atoms with E-state index < -0.39 is 0 Å². The van der Waals surface area contributed by atoms with E-state index in [0.29, 0.717) is 21.7 Å². The molecule has 0 aliphatic carbocycles. The lowest BCUT2D eigenvalue weighted by molar-refractivity contribution is -0.0453. The van der Waals surface area contributed by atoms with Gasteiger partial charge in [0, 0.05) is 0 Å². The van der Waals surface area contributed by atoms with Crippen molar-refractivity contribution < 1.29 is 0 Å². The van der Waals surface area contributed by atoms with E-state index in [0.717, 1.165) is 11.8 Å². The second-order valence-electron chi connectivity index (χ2n) is 10.7. The Balaban J connectivity index is 5.20. The lowest BCUT2D eigenvalue weighted by atomic mass is 9.51. The molecule has 1 unspecified atom stereocenters. The van der Waals surface area contributed by atoms with Gasteiger partial charge in [-0.15, -0.1) is 0 Å². The molecule has 0 aromatic heterocycles. The van der Waals surface area contributed by atoms with Crippen LogP contribution in [0.25, 0.3) is 0 Å². The first kappa shape index (κ1) is 22.0. The highest BCUT2D eigenvalue weighted by Gasteiger charge is 2.48. The van der Waals surface area contributed by atoms with Crippen molar-refractivity contribution >= 4 is 0 Å². The maximum Gasteiger partial charge on any atom is -0.0252 e. The molecule has 0 N–H and O–H groups in total. The molecule has 0 heteroatoms. The minimum absolute atomic E-state index is 0.329. The summed E-state index contributed by atoms with van der Waals surface area (Å²) in [6.07, 6.45) is 5.26. The van der Waals surface area contributed by atoms with Gasteiger partial charge in [-0.2, -0.15) is 0 Å². The molecule has 0 radical (unpaired) electrons. The van der Waals surface area contributed by atoms with E-state index in [1.807, 2.05) is 0 Å². The molecule has 0 bridgehead atoms.